The molecule has 2 heterocycles. The predicted molar refractivity (Wildman–Crippen MR) is 63.2 cm³/mol. The van der Waals surface area contributed by atoms with Gasteiger partial charge in [-0.05, 0) is 38.8 Å². The van der Waals surface area contributed by atoms with Gasteiger partial charge in [0, 0.05) is 32.1 Å². The van der Waals surface area contributed by atoms with E-state index >= 15 is 0 Å². The maximum Gasteiger partial charge on any atom is 0.105 e. The molecule has 4 nitrogen and oxygen atoms in total. The lowest BCUT2D eigenvalue weighted by Crippen LogP contribution is -2.36. The summed E-state index contributed by atoms with van der Waals surface area (Å²) in [6.07, 6.45) is 6.17. The molecule has 1 N–H and O–H groups in total. The molecule has 4 heteroatoms. The summed E-state index contributed by atoms with van der Waals surface area (Å²) in [5, 5.41) is 9.06. The van der Waals surface area contributed by atoms with Gasteiger partial charge in [0.05, 0.1) is 0 Å². The molecular weight excluding hydrogens is 202 g/mol. The van der Waals surface area contributed by atoms with Crippen molar-refractivity contribution >= 4 is 0 Å². The highest BCUT2D eigenvalue weighted by Crippen LogP contribution is 2.16. The molecule has 0 saturated carbocycles. The molecule has 0 amide bonds. The number of aryl methyl sites for hydroxylation is 1. The maximum absolute atomic E-state index is 9.06. The monoisotopic (exact) mass is 223 g/mol. The predicted octanol–water partition coefficient (Wildman–Crippen LogP) is 0.896. The molecule has 0 atom stereocenters. The van der Waals surface area contributed by atoms with Crippen molar-refractivity contribution in [1.29, 1.82) is 0 Å². The van der Waals surface area contributed by atoms with Crippen LogP contribution in [0.3, 0.4) is 0 Å². The summed E-state index contributed by atoms with van der Waals surface area (Å²) < 4.78 is 2.19. The minimum absolute atomic E-state index is 0.356. The molecule has 0 bridgehead atoms. The highest BCUT2D eigenvalue weighted by Gasteiger charge is 2.17. The van der Waals surface area contributed by atoms with Crippen molar-refractivity contribution in [2.24, 2.45) is 5.92 Å². The largest absolute Gasteiger partial charge is 0.396 e. The van der Waals surface area contributed by atoms with Gasteiger partial charge in [0.1, 0.15) is 5.82 Å². The molecule has 1 aromatic heterocycles. The van der Waals surface area contributed by atoms with Gasteiger partial charge < -0.3 is 14.6 Å². The first-order valence-electron chi connectivity index (χ1n) is 6.10. The van der Waals surface area contributed by atoms with E-state index in [0.29, 0.717) is 12.5 Å². The molecule has 90 valence electrons. The van der Waals surface area contributed by atoms with E-state index in [1.54, 1.807) is 0 Å². The van der Waals surface area contributed by atoms with Gasteiger partial charge in [-0.1, -0.05) is 0 Å². The number of hydrogen-bond acceptors (Lipinski definition) is 3. The number of piperidine rings is 1. The van der Waals surface area contributed by atoms with Crippen molar-refractivity contribution in [3.8, 4) is 0 Å². The Bertz CT molecular complexity index is 316. The number of rotatable bonds is 4. The third kappa shape index (κ3) is 2.83. The first-order valence-corrected chi connectivity index (χ1v) is 6.10. The summed E-state index contributed by atoms with van der Waals surface area (Å²) >= 11 is 0. The van der Waals surface area contributed by atoms with Crippen molar-refractivity contribution < 1.29 is 5.11 Å². The van der Waals surface area contributed by atoms with Crippen molar-refractivity contribution in [3.05, 3.63) is 18.2 Å². The summed E-state index contributed by atoms with van der Waals surface area (Å²) in [7, 11) is 0. The van der Waals surface area contributed by atoms with Crippen LogP contribution in [0.5, 0.6) is 0 Å². The number of aliphatic hydroxyl groups excluding tert-OH is 1. The second-order valence-corrected chi connectivity index (χ2v) is 4.64. The van der Waals surface area contributed by atoms with Crippen LogP contribution in [0.15, 0.2) is 12.4 Å². The van der Waals surface area contributed by atoms with Crippen molar-refractivity contribution in [2.45, 2.75) is 26.3 Å². The van der Waals surface area contributed by atoms with Crippen LogP contribution in [0.2, 0.25) is 0 Å². The van der Waals surface area contributed by atoms with Gasteiger partial charge in [0.15, 0.2) is 0 Å². The van der Waals surface area contributed by atoms with Crippen LogP contribution < -0.4 is 0 Å². The second-order valence-electron chi connectivity index (χ2n) is 4.64. The fraction of sp³-hybridized carbons (Fsp3) is 0.750. The number of aliphatic hydroxyl groups is 1. The quantitative estimate of drug-likeness (QED) is 0.824. The Hall–Kier alpha value is -0.870. The highest BCUT2D eigenvalue weighted by molar-refractivity contribution is 4.88. The van der Waals surface area contributed by atoms with Crippen molar-refractivity contribution in [1.82, 2.24) is 14.5 Å². The third-order valence-corrected chi connectivity index (χ3v) is 3.55. The second kappa shape index (κ2) is 5.46. The molecule has 1 fully saturated rings. The van der Waals surface area contributed by atoms with Crippen molar-refractivity contribution in [2.75, 3.05) is 26.2 Å². The van der Waals surface area contributed by atoms with E-state index in [4.69, 9.17) is 5.11 Å². The fourth-order valence-electron chi connectivity index (χ4n) is 2.28. The SMILES string of the molecule is Cc1nccn1CCN1CCC(CO)CC1. The molecular formula is C12H21N3O. The first-order chi connectivity index (χ1) is 7.79. The summed E-state index contributed by atoms with van der Waals surface area (Å²) in [5.74, 6) is 1.62. The maximum atomic E-state index is 9.06. The van der Waals surface area contributed by atoms with Crippen LogP contribution in [-0.4, -0.2) is 45.8 Å². The normalized spacial score (nSPS) is 19.1. The highest BCUT2D eigenvalue weighted by atomic mass is 16.3. The molecule has 1 aromatic rings. The van der Waals surface area contributed by atoms with E-state index < -0.39 is 0 Å². The van der Waals surface area contributed by atoms with E-state index in [1.807, 2.05) is 19.3 Å². The molecule has 0 aromatic carbocycles. The number of likely N-dealkylation sites (tertiary alicyclic amines) is 1. The molecule has 0 spiro atoms. The van der Waals surface area contributed by atoms with Crippen LogP contribution in [0.4, 0.5) is 0 Å². The smallest absolute Gasteiger partial charge is 0.105 e. The summed E-state index contributed by atoms with van der Waals surface area (Å²) in [4.78, 5) is 6.69. The van der Waals surface area contributed by atoms with E-state index in [1.165, 1.54) is 0 Å². The van der Waals surface area contributed by atoms with Gasteiger partial charge in [-0.25, -0.2) is 4.98 Å². The minimum Gasteiger partial charge on any atom is -0.396 e. The number of imidazole rings is 1. The molecule has 1 saturated heterocycles. The number of hydrogen-bond donors (Lipinski definition) is 1. The molecule has 16 heavy (non-hydrogen) atoms. The molecule has 0 unspecified atom stereocenters. The lowest BCUT2D eigenvalue weighted by Gasteiger charge is -2.31. The zero-order chi connectivity index (χ0) is 11.4. The molecule has 1 aliphatic rings. The van der Waals surface area contributed by atoms with Crippen LogP contribution in [-0.2, 0) is 6.54 Å². The lowest BCUT2D eigenvalue weighted by molar-refractivity contribution is 0.129. The zero-order valence-corrected chi connectivity index (χ0v) is 9.97. The summed E-state index contributed by atoms with van der Waals surface area (Å²) in [6, 6.07) is 0. The van der Waals surface area contributed by atoms with Crippen LogP contribution in [0.1, 0.15) is 18.7 Å². The van der Waals surface area contributed by atoms with Crippen LogP contribution >= 0.6 is 0 Å². The Morgan fingerprint density at radius 2 is 2.12 bits per heavy atom. The summed E-state index contributed by atoms with van der Waals surface area (Å²) in [6.45, 7) is 6.76. The van der Waals surface area contributed by atoms with E-state index in [9.17, 15) is 0 Å². The fourth-order valence-corrected chi connectivity index (χ4v) is 2.28. The van der Waals surface area contributed by atoms with Gasteiger partial charge in [-0.2, -0.15) is 0 Å². The van der Waals surface area contributed by atoms with Gasteiger partial charge in [0.2, 0.25) is 0 Å². The van der Waals surface area contributed by atoms with Gasteiger partial charge in [0.25, 0.3) is 0 Å². The Labute approximate surface area is 96.9 Å². The van der Waals surface area contributed by atoms with Gasteiger partial charge in [-0.15, -0.1) is 0 Å². The topological polar surface area (TPSA) is 41.3 Å². The van der Waals surface area contributed by atoms with Crippen molar-refractivity contribution in [3.63, 3.8) is 0 Å². The Morgan fingerprint density at radius 3 is 2.69 bits per heavy atom. The number of nitrogens with zero attached hydrogens (tertiary/aromatic N) is 3. The minimum atomic E-state index is 0.356. The molecule has 0 aliphatic carbocycles. The summed E-state index contributed by atoms with van der Waals surface area (Å²) in [5.41, 5.74) is 0. The van der Waals surface area contributed by atoms with E-state index in [2.05, 4.69) is 14.5 Å². The average molecular weight is 223 g/mol. The third-order valence-electron chi connectivity index (χ3n) is 3.55. The van der Waals surface area contributed by atoms with E-state index in [-0.39, 0.29) is 0 Å². The van der Waals surface area contributed by atoms with E-state index in [0.717, 1.165) is 44.8 Å². The molecule has 2 rings (SSSR count). The van der Waals surface area contributed by atoms with Gasteiger partial charge >= 0.3 is 0 Å². The average Bonchev–Trinajstić information content (AvgIpc) is 2.73. The Kier molecular flexibility index (Phi) is 3.96. The molecule has 1 aliphatic heterocycles. The molecule has 0 radical (unpaired) electrons. The standard InChI is InChI=1S/C12H21N3O/c1-11-13-4-7-15(11)9-8-14-5-2-12(10-16)3-6-14/h4,7,12,16H,2-3,5-6,8-10H2,1H3. The first kappa shape index (κ1) is 11.6. The van der Waals surface area contributed by atoms with Gasteiger partial charge in [-0.3, -0.25) is 0 Å². The Balaban J connectivity index is 1.73. The Morgan fingerprint density at radius 1 is 1.38 bits per heavy atom. The zero-order valence-electron chi connectivity index (χ0n) is 9.97. The van der Waals surface area contributed by atoms with Crippen LogP contribution in [0, 0.1) is 12.8 Å². The lowest BCUT2D eigenvalue weighted by atomic mass is 9.98. The number of aromatic nitrogens is 2. The van der Waals surface area contributed by atoms with Crippen LogP contribution in [0.25, 0.3) is 0 Å².